The fourth-order valence-corrected chi connectivity index (χ4v) is 1.86. The molecular weight excluding hydrogens is 214 g/mol. The summed E-state index contributed by atoms with van der Waals surface area (Å²) >= 11 is 0. The number of aromatic nitrogens is 2. The van der Waals surface area contributed by atoms with Crippen LogP contribution in [0.4, 0.5) is 0 Å². The Morgan fingerprint density at radius 1 is 1.29 bits per heavy atom. The van der Waals surface area contributed by atoms with Gasteiger partial charge in [-0.25, -0.2) is 4.98 Å². The van der Waals surface area contributed by atoms with Gasteiger partial charge in [0.1, 0.15) is 0 Å². The minimum absolute atomic E-state index is 0.126. The third-order valence-electron chi connectivity index (χ3n) is 2.87. The SMILES string of the molecule is CCC(c1cncc(OC(C)C)n1)C(C)NC. The van der Waals surface area contributed by atoms with Gasteiger partial charge in [0.2, 0.25) is 5.88 Å². The zero-order valence-electron chi connectivity index (χ0n) is 11.4. The standard InChI is InChI=1S/C13H23N3O/c1-6-11(10(4)14-5)12-7-15-8-13(16-12)17-9(2)3/h7-11,14H,6H2,1-5H3. The number of hydrogen-bond acceptors (Lipinski definition) is 4. The van der Waals surface area contributed by atoms with E-state index in [1.807, 2.05) is 27.1 Å². The molecule has 4 heteroatoms. The highest BCUT2D eigenvalue weighted by atomic mass is 16.5. The third-order valence-corrected chi connectivity index (χ3v) is 2.87. The zero-order valence-corrected chi connectivity index (χ0v) is 11.4. The lowest BCUT2D eigenvalue weighted by Gasteiger charge is -2.21. The van der Waals surface area contributed by atoms with Crippen LogP contribution in [0.15, 0.2) is 12.4 Å². The number of nitrogens with zero attached hydrogens (tertiary/aromatic N) is 2. The summed E-state index contributed by atoms with van der Waals surface area (Å²) in [6, 6.07) is 0.378. The predicted molar refractivity (Wildman–Crippen MR) is 69.3 cm³/mol. The summed E-state index contributed by atoms with van der Waals surface area (Å²) < 4.78 is 5.57. The fraction of sp³-hybridized carbons (Fsp3) is 0.692. The lowest BCUT2D eigenvalue weighted by molar-refractivity contribution is 0.230. The van der Waals surface area contributed by atoms with E-state index in [2.05, 4.69) is 29.1 Å². The van der Waals surface area contributed by atoms with Crippen LogP contribution in [0.1, 0.15) is 45.7 Å². The molecule has 1 rings (SSSR count). The van der Waals surface area contributed by atoms with Crippen LogP contribution in [0.3, 0.4) is 0 Å². The summed E-state index contributed by atoms with van der Waals surface area (Å²) in [6.45, 7) is 8.30. The largest absolute Gasteiger partial charge is 0.474 e. The van der Waals surface area contributed by atoms with Crippen LogP contribution >= 0.6 is 0 Å². The van der Waals surface area contributed by atoms with Gasteiger partial charge in [-0.15, -0.1) is 0 Å². The molecule has 0 aliphatic rings. The lowest BCUT2D eigenvalue weighted by atomic mass is 9.95. The van der Waals surface area contributed by atoms with Crippen molar-refractivity contribution in [2.24, 2.45) is 0 Å². The first-order chi connectivity index (χ1) is 8.08. The molecule has 2 atom stereocenters. The Bertz CT molecular complexity index is 341. The van der Waals surface area contributed by atoms with Crippen LogP contribution in [0, 0.1) is 0 Å². The maximum atomic E-state index is 5.57. The summed E-state index contributed by atoms with van der Waals surface area (Å²) in [5.41, 5.74) is 0.993. The van der Waals surface area contributed by atoms with E-state index in [4.69, 9.17) is 4.74 Å². The molecule has 0 fully saturated rings. The second kappa shape index (κ2) is 6.55. The van der Waals surface area contributed by atoms with Crippen LogP contribution in [-0.2, 0) is 0 Å². The van der Waals surface area contributed by atoms with Crippen molar-refractivity contribution in [3.8, 4) is 5.88 Å². The molecule has 0 saturated heterocycles. The molecule has 1 heterocycles. The van der Waals surface area contributed by atoms with Crippen molar-refractivity contribution in [1.82, 2.24) is 15.3 Å². The Morgan fingerprint density at radius 2 is 2.00 bits per heavy atom. The molecule has 96 valence electrons. The van der Waals surface area contributed by atoms with Crippen molar-refractivity contribution in [2.45, 2.75) is 52.2 Å². The van der Waals surface area contributed by atoms with E-state index in [1.165, 1.54) is 0 Å². The van der Waals surface area contributed by atoms with Gasteiger partial charge in [0.05, 0.1) is 18.0 Å². The maximum Gasteiger partial charge on any atom is 0.232 e. The zero-order chi connectivity index (χ0) is 12.8. The molecule has 1 aromatic heterocycles. The first kappa shape index (κ1) is 13.9. The predicted octanol–water partition coefficient (Wildman–Crippen LogP) is 2.37. The fourth-order valence-electron chi connectivity index (χ4n) is 1.86. The first-order valence-corrected chi connectivity index (χ1v) is 6.24. The minimum Gasteiger partial charge on any atom is -0.474 e. The van der Waals surface area contributed by atoms with E-state index in [1.54, 1.807) is 6.20 Å². The molecule has 0 saturated carbocycles. The Balaban J connectivity index is 2.88. The quantitative estimate of drug-likeness (QED) is 0.825. The molecule has 1 aromatic rings. The normalized spacial score (nSPS) is 14.7. The van der Waals surface area contributed by atoms with Crippen LogP contribution in [0.25, 0.3) is 0 Å². The van der Waals surface area contributed by atoms with E-state index >= 15 is 0 Å². The number of ether oxygens (including phenoxy) is 1. The highest BCUT2D eigenvalue weighted by Crippen LogP contribution is 2.22. The van der Waals surface area contributed by atoms with Crippen molar-refractivity contribution >= 4 is 0 Å². The molecule has 0 bridgehead atoms. The molecule has 0 spiro atoms. The number of nitrogens with one attached hydrogen (secondary N) is 1. The maximum absolute atomic E-state index is 5.57. The van der Waals surface area contributed by atoms with E-state index in [9.17, 15) is 0 Å². The summed E-state index contributed by atoms with van der Waals surface area (Å²) in [5, 5.41) is 3.27. The average Bonchev–Trinajstić information content (AvgIpc) is 2.29. The van der Waals surface area contributed by atoms with Crippen LogP contribution in [-0.4, -0.2) is 29.2 Å². The van der Waals surface area contributed by atoms with Crippen LogP contribution < -0.4 is 10.1 Å². The molecule has 2 unspecified atom stereocenters. The van der Waals surface area contributed by atoms with Crippen molar-refractivity contribution in [1.29, 1.82) is 0 Å². The van der Waals surface area contributed by atoms with Gasteiger partial charge in [-0.3, -0.25) is 4.98 Å². The van der Waals surface area contributed by atoms with Crippen LogP contribution in [0.5, 0.6) is 5.88 Å². The van der Waals surface area contributed by atoms with Crippen molar-refractivity contribution in [3.63, 3.8) is 0 Å². The highest BCUT2D eigenvalue weighted by Gasteiger charge is 2.18. The Labute approximate surface area is 104 Å². The van der Waals surface area contributed by atoms with Gasteiger partial charge in [0.15, 0.2) is 0 Å². The molecule has 0 aliphatic carbocycles. The van der Waals surface area contributed by atoms with Gasteiger partial charge in [-0.1, -0.05) is 6.92 Å². The number of likely N-dealkylation sites (N-methyl/N-ethyl adjacent to an activating group) is 1. The summed E-state index contributed by atoms with van der Waals surface area (Å²) in [6.07, 6.45) is 4.65. The number of hydrogen-bond donors (Lipinski definition) is 1. The third kappa shape index (κ3) is 3.97. The van der Waals surface area contributed by atoms with Crippen molar-refractivity contribution in [2.75, 3.05) is 7.05 Å². The Hall–Kier alpha value is -1.16. The molecular formula is C13H23N3O. The highest BCUT2D eigenvalue weighted by molar-refractivity contribution is 5.14. The second-order valence-electron chi connectivity index (χ2n) is 4.54. The average molecular weight is 237 g/mol. The second-order valence-corrected chi connectivity index (χ2v) is 4.54. The molecule has 1 N–H and O–H groups in total. The van der Waals surface area contributed by atoms with Gasteiger partial charge >= 0.3 is 0 Å². The summed E-state index contributed by atoms with van der Waals surface area (Å²) in [4.78, 5) is 8.74. The molecule has 17 heavy (non-hydrogen) atoms. The lowest BCUT2D eigenvalue weighted by Crippen LogP contribution is -2.29. The molecule has 0 amide bonds. The van der Waals surface area contributed by atoms with Crippen molar-refractivity contribution < 1.29 is 4.74 Å². The van der Waals surface area contributed by atoms with Crippen molar-refractivity contribution in [3.05, 3.63) is 18.1 Å². The van der Waals surface area contributed by atoms with Gasteiger partial charge in [-0.05, 0) is 34.2 Å². The minimum atomic E-state index is 0.126. The first-order valence-electron chi connectivity index (χ1n) is 6.24. The topological polar surface area (TPSA) is 47.0 Å². The number of rotatable bonds is 6. The summed E-state index contributed by atoms with van der Waals surface area (Å²) in [7, 11) is 1.97. The van der Waals surface area contributed by atoms with Gasteiger partial charge < -0.3 is 10.1 Å². The molecule has 0 aliphatic heterocycles. The monoisotopic (exact) mass is 237 g/mol. The Kier molecular flexibility index (Phi) is 5.35. The smallest absolute Gasteiger partial charge is 0.232 e. The molecule has 0 aromatic carbocycles. The van der Waals surface area contributed by atoms with E-state index in [0.29, 0.717) is 17.8 Å². The van der Waals surface area contributed by atoms with Gasteiger partial charge in [-0.2, -0.15) is 0 Å². The van der Waals surface area contributed by atoms with E-state index in [0.717, 1.165) is 12.1 Å². The summed E-state index contributed by atoms with van der Waals surface area (Å²) in [5.74, 6) is 0.975. The van der Waals surface area contributed by atoms with Gasteiger partial charge in [0, 0.05) is 18.2 Å². The van der Waals surface area contributed by atoms with E-state index in [-0.39, 0.29) is 6.10 Å². The van der Waals surface area contributed by atoms with Crippen LogP contribution in [0.2, 0.25) is 0 Å². The van der Waals surface area contributed by atoms with Gasteiger partial charge in [0.25, 0.3) is 0 Å². The molecule has 4 nitrogen and oxygen atoms in total. The molecule has 0 radical (unpaired) electrons. The Morgan fingerprint density at radius 3 is 2.53 bits per heavy atom. The van der Waals surface area contributed by atoms with E-state index < -0.39 is 0 Å².